The predicted octanol–water partition coefficient (Wildman–Crippen LogP) is 5.20. The molecular formula is C30H21N9O. The fraction of sp³-hybridized carbons (Fsp3) is 0.0333. The Balaban J connectivity index is 1.21. The van der Waals surface area contributed by atoms with E-state index in [2.05, 4.69) is 40.4 Å². The zero-order valence-electron chi connectivity index (χ0n) is 21.0. The summed E-state index contributed by atoms with van der Waals surface area (Å²) in [5, 5.41) is 11.3. The normalized spacial score (nSPS) is 11.2. The molecule has 0 spiro atoms. The summed E-state index contributed by atoms with van der Waals surface area (Å²) >= 11 is 0. The van der Waals surface area contributed by atoms with Crippen molar-refractivity contribution in [2.75, 3.05) is 5.32 Å². The molecule has 10 nitrogen and oxygen atoms in total. The third-order valence-electron chi connectivity index (χ3n) is 6.58. The number of imidazole rings is 1. The smallest absolute Gasteiger partial charge is 0.228 e. The summed E-state index contributed by atoms with van der Waals surface area (Å²) in [5.74, 6) is 0.475. The summed E-state index contributed by atoms with van der Waals surface area (Å²) < 4.78 is 0. The van der Waals surface area contributed by atoms with Crippen LogP contribution in [0.3, 0.4) is 0 Å². The average Bonchev–Trinajstić information content (AvgIpc) is 3.62. The molecule has 1 aromatic carbocycles. The van der Waals surface area contributed by atoms with Crippen LogP contribution in [-0.2, 0) is 11.2 Å². The number of nitrogens with zero attached hydrogens (tertiary/aromatic N) is 6. The number of aromatic amines is 2. The van der Waals surface area contributed by atoms with Crippen molar-refractivity contribution in [1.29, 1.82) is 0 Å². The standard InChI is InChI=1S/C30H21N9O/c40-26(12-18-4-2-1-3-5-18)35-21-13-20(15-32-16-21)24-14-23-25(17-34-24)38-39-28(23)30-36-27-22(8-11-33-29(27)37-30)19-6-9-31-10-7-19/h1-11,13-17H,12H2,(H,35,40)(H,38,39)(H,33,36,37). The van der Waals surface area contributed by atoms with E-state index in [1.807, 2.05) is 60.7 Å². The molecule has 0 unspecified atom stereocenters. The van der Waals surface area contributed by atoms with E-state index < -0.39 is 0 Å². The van der Waals surface area contributed by atoms with Crippen LogP contribution in [0.5, 0.6) is 0 Å². The molecule has 0 aliphatic rings. The Morgan fingerprint density at radius 1 is 0.850 bits per heavy atom. The second kappa shape index (κ2) is 9.84. The summed E-state index contributed by atoms with van der Waals surface area (Å²) in [5.41, 5.74) is 7.81. The first-order chi connectivity index (χ1) is 19.7. The van der Waals surface area contributed by atoms with Crippen LogP contribution in [0.1, 0.15) is 5.56 Å². The first kappa shape index (κ1) is 23.4. The van der Waals surface area contributed by atoms with E-state index in [9.17, 15) is 4.79 Å². The molecule has 192 valence electrons. The van der Waals surface area contributed by atoms with E-state index in [1.54, 1.807) is 37.2 Å². The number of aromatic nitrogens is 8. The Morgan fingerprint density at radius 3 is 2.60 bits per heavy atom. The van der Waals surface area contributed by atoms with Gasteiger partial charge in [0.15, 0.2) is 11.5 Å². The number of anilines is 1. The molecule has 0 fully saturated rings. The quantitative estimate of drug-likeness (QED) is 0.272. The number of hydrogen-bond acceptors (Lipinski definition) is 7. The average molecular weight is 524 g/mol. The molecule has 6 heterocycles. The number of fused-ring (bicyclic) bond motifs is 2. The Kier molecular flexibility index (Phi) is 5.74. The highest BCUT2D eigenvalue weighted by Gasteiger charge is 2.17. The van der Waals surface area contributed by atoms with Gasteiger partial charge in [0.25, 0.3) is 0 Å². The highest BCUT2D eigenvalue weighted by atomic mass is 16.1. The number of benzene rings is 1. The van der Waals surface area contributed by atoms with Crippen LogP contribution >= 0.6 is 0 Å². The highest BCUT2D eigenvalue weighted by molar-refractivity contribution is 5.97. The fourth-order valence-electron chi connectivity index (χ4n) is 4.69. The van der Waals surface area contributed by atoms with E-state index in [-0.39, 0.29) is 12.3 Å². The molecule has 0 radical (unpaired) electrons. The van der Waals surface area contributed by atoms with Gasteiger partial charge in [0.05, 0.1) is 41.2 Å². The number of rotatable bonds is 6. The van der Waals surface area contributed by atoms with Gasteiger partial charge in [0.1, 0.15) is 5.69 Å². The van der Waals surface area contributed by atoms with Gasteiger partial charge >= 0.3 is 0 Å². The molecule has 0 saturated heterocycles. The lowest BCUT2D eigenvalue weighted by Gasteiger charge is -2.07. The fourth-order valence-corrected chi connectivity index (χ4v) is 4.69. The second-order valence-corrected chi connectivity index (χ2v) is 9.24. The molecule has 10 heteroatoms. The molecule has 40 heavy (non-hydrogen) atoms. The minimum absolute atomic E-state index is 0.115. The number of carbonyl (C=O) groups is 1. The number of nitrogens with one attached hydrogen (secondary N) is 3. The SMILES string of the molecule is O=C(Cc1ccccc1)Nc1cncc(-c2cc3c(-c4nc5nccc(-c6ccncc6)c5[nH]4)n[nH]c3cn2)c1. The first-order valence-electron chi connectivity index (χ1n) is 12.6. The lowest BCUT2D eigenvalue weighted by atomic mass is 10.1. The van der Waals surface area contributed by atoms with E-state index in [0.29, 0.717) is 28.5 Å². The minimum atomic E-state index is -0.115. The summed E-state index contributed by atoms with van der Waals surface area (Å²) in [7, 11) is 0. The Bertz CT molecular complexity index is 1980. The number of hydrogen-bond donors (Lipinski definition) is 3. The number of carbonyl (C=O) groups excluding carboxylic acids is 1. The van der Waals surface area contributed by atoms with Crippen LogP contribution in [0.2, 0.25) is 0 Å². The van der Waals surface area contributed by atoms with Gasteiger partial charge in [-0.05, 0) is 41.5 Å². The molecule has 0 bridgehead atoms. The summed E-state index contributed by atoms with van der Waals surface area (Å²) in [4.78, 5) is 38.2. The van der Waals surface area contributed by atoms with Crippen molar-refractivity contribution < 1.29 is 4.79 Å². The van der Waals surface area contributed by atoms with Gasteiger partial charge in [-0.3, -0.25) is 24.8 Å². The molecular weight excluding hydrogens is 502 g/mol. The highest BCUT2D eigenvalue weighted by Crippen LogP contribution is 2.32. The van der Waals surface area contributed by atoms with Gasteiger partial charge in [0, 0.05) is 41.3 Å². The zero-order valence-corrected chi connectivity index (χ0v) is 21.0. The van der Waals surface area contributed by atoms with Gasteiger partial charge in [-0.2, -0.15) is 5.10 Å². The number of H-pyrrole nitrogens is 2. The predicted molar refractivity (Wildman–Crippen MR) is 152 cm³/mol. The largest absolute Gasteiger partial charge is 0.335 e. The zero-order chi connectivity index (χ0) is 26.9. The molecule has 7 aromatic rings. The van der Waals surface area contributed by atoms with Crippen molar-refractivity contribution in [2.24, 2.45) is 0 Å². The molecule has 7 rings (SSSR count). The number of pyridine rings is 4. The van der Waals surface area contributed by atoms with E-state index >= 15 is 0 Å². The van der Waals surface area contributed by atoms with E-state index in [4.69, 9.17) is 4.98 Å². The van der Waals surface area contributed by atoms with Crippen molar-refractivity contribution in [2.45, 2.75) is 6.42 Å². The van der Waals surface area contributed by atoms with Crippen molar-refractivity contribution in [3.8, 4) is 33.9 Å². The molecule has 0 atom stereocenters. The van der Waals surface area contributed by atoms with Crippen LogP contribution in [-0.4, -0.2) is 46.0 Å². The van der Waals surface area contributed by atoms with Crippen LogP contribution in [0.25, 0.3) is 56.0 Å². The summed E-state index contributed by atoms with van der Waals surface area (Å²) in [6.07, 6.45) is 10.6. The van der Waals surface area contributed by atoms with Crippen molar-refractivity contribution in [1.82, 2.24) is 40.1 Å². The van der Waals surface area contributed by atoms with E-state index in [1.165, 1.54) is 0 Å². The van der Waals surface area contributed by atoms with Gasteiger partial charge in [-0.25, -0.2) is 9.97 Å². The second-order valence-electron chi connectivity index (χ2n) is 9.24. The lowest BCUT2D eigenvalue weighted by Crippen LogP contribution is -2.14. The molecule has 0 aliphatic heterocycles. The lowest BCUT2D eigenvalue weighted by molar-refractivity contribution is -0.115. The van der Waals surface area contributed by atoms with Gasteiger partial charge in [-0.1, -0.05) is 30.3 Å². The topological polar surface area (TPSA) is 138 Å². The molecule has 6 aromatic heterocycles. The molecule has 1 amide bonds. The van der Waals surface area contributed by atoms with Crippen LogP contribution < -0.4 is 5.32 Å². The third-order valence-corrected chi connectivity index (χ3v) is 6.58. The van der Waals surface area contributed by atoms with Crippen LogP contribution in [0.15, 0.2) is 97.8 Å². The number of amides is 1. The van der Waals surface area contributed by atoms with Crippen molar-refractivity contribution in [3.63, 3.8) is 0 Å². The molecule has 0 aliphatic carbocycles. The first-order valence-corrected chi connectivity index (χ1v) is 12.6. The Morgan fingerprint density at radius 2 is 1.73 bits per heavy atom. The maximum absolute atomic E-state index is 12.6. The Hall–Kier alpha value is -5.77. The molecule has 0 saturated carbocycles. The molecule has 3 N–H and O–H groups in total. The summed E-state index contributed by atoms with van der Waals surface area (Å²) in [6.45, 7) is 0. The van der Waals surface area contributed by atoms with Gasteiger partial charge in [0.2, 0.25) is 5.91 Å². The minimum Gasteiger partial charge on any atom is -0.335 e. The van der Waals surface area contributed by atoms with Crippen LogP contribution in [0, 0.1) is 0 Å². The summed E-state index contributed by atoms with van der Waals surface area (Å²) in [6, 6.07) is 19.2. The van der Waals surface area contributed by atoms with E-state index in [0.717, 1.165) is 38.7 Å². The monoisotopic (exact) mass is 523 g/mol. The maximum atomic E-state index is 12.6. The van der Waals surface area contributed by atoms with Crippen LogP contribution in [0.4, 0.5) is 5.69 Å². The Labute approximate surface area is 227 Å². The van der Waals surface area contributed by atoms with Crippen molar-refractivity contribution in [3.05, 3.63) is 103 Å². The maximum Gasteiger partial charge on any atom is 0.228 e. The van der Waals surface area contributed by atoms with Gasteiger partial charge < -0.3 is 10.3 Å². The van der Waals surface area contributed by atoms with Crippen molar-refractivity contribution >= 4 is 33.7 Å². The third kappa shape index (κ3) is 4.43. The van der Waals surface area contributed by atoms with Gasteiger partial charge in [-0.15, -0.1) is 0 Å².